The number of nitrogens with zero attached hydrogens (tertiary/aromatic N) is 2. The summed E-state index contributed by atoms with van der Waals surface area (Å²) < 4.78 is 32.0. The number of hydrogen-bond acceptors (Lipinski definition) is 4. The molecule has 0 N–H and O–H groups in total. The van der Waals surface area contributed by atoms with Crippen LogP contribution in [0.25, 0.3) is 21.0 Å². The van der Waals surface area contributed by atoms with Gasteiger partial charge in [-0.3, -0.25) is 0 Å². The molecule has 0 bridgehead atoms. The van der Waals surface area contributed by atoms with E-state index in [9.17, 15) is 8.42 Å². The van der Waals surface area contributed by atoms with Crippen LogP contribution in [0.3, 0.4) is 0 Å². The fourth-order valence-corrected chi connectivity index (χ4v) is 5.85. The third kappa shape index (κ3) is 2.41. The zero-order chi connectivity index (χ0) is 16.0. The molecule has 4 rings (SSSR count). The molecule has 4 aromatic rings. The van der Waals surface area contributed by atoms with Crippen LogP contribution in [0.1, 0.15) is 0 Å². The average Bonchev–Trinajstić information content (AvgIpc) is 3.17. The molecule has 2 aromatic carbocycles. The minimum atomic E-state index is -3.66. The number of thiophene rings is 1. The summed E-state index contributed by atoms with van der Waals surface area (Å²) in [6.45, 7) is 0. The second-order valence-electron chi connectivity index (χ2n) is 5.08. The molecular weight excluding hydrogens is 348 g/mol. The van der Waals surface area contributed by atoms with Crippen molar-refractivity contribution in [3.05, 3.63) is 58.7 Å². The Bertz CT molecular complexity index is 1180. The van der Waals surface area contributed by atoms with E-state index in [1.165, 1.54) is 22.7 Å². The highest BCUT2D eigenvalue weighted by Gasteiger charge is 2.15. The van der Waals surface area contributed by atoms with E-state index in [2.05, 4.69) is 4.40 Å². The summed E-state index contributed by atoms with van der Waals surface area (Å²) in [4.78, 5) is 0.477. The number of sulfonamides is 1. The second-order valence-corrected chi connectivity index (χ2v) is 8.83. The number of benzene rings is 2. The van der Waals surface area contributed by atoms with Crippen molar-refractivity contribution in [2.24, 2.45) is 11.4 Å². The van der Waals surface area contributed by atoms with E-state index in [0.717, 1.165) is 21.0 Å². The lowest BCUT2D eigenvalue weighted by molar-refractivity contribution is 0.598. The Balaban J connectivity index is 2.04. The maximum absolute atomic E-state index is 12.4. The van der Waals surface area contributed by atoms with Gasteiger partial charge in [0.25, 0.3) is 10.0 Å². The number of aromatic nitrogens is 1. The second kappa shape index (κ2) is 5.30. The summed E-state index contributed by atoms with van der Waals surface area (Å²) in [5.41, 5.74) is 0.980. The first-order valence-corrected chi connectivity index (χ1v) is 10.0. The molecule has 2 heterocycles. The summed E-state index contributed by atoms with van der Waals surface area (Å²) in [5.74, 6) is 0. The average molecular weight is 360 g/mol. The zero-order valence-corrected chi connectivity index (χ0v) is 14.6. The van der Waals surface area contributed by atoms with E-state index < -0.39 is 10.0 Å². The van der Waals surface area contributed by atoms with E-state index in [0.29, 0.717) is 4.80 Å². The van der Waals surface area contributed by atoms with Gasteiger partial charge in [0, 0.05) is 12.4 Å². The maximum Gasteiger partial charge on any atom is 0.294 e. The molecule has 0 spiro atoms. The molecule has 0 aliphatic carbocycles. The Labute approximate surface area is 141 Å². The van der Waals surface area contributed by atoms with Gasteiger partial charge < -0.3 is 4.57 Å². The summed E-state index contributed by atoms with van der Waals surface area (Å²) in [7, 11) is -1.82. The Hall–Kier alpha value is -1.96. The first-order chi connectivity index (χ1) is 11.1. The standard InChI is InChI=1S/C16H12N2O2S3/c1-18-13-9-8-11-5-2-3-6-12(11)15(13)22-16(18)17-23(19,20)14-7-4-10-21-14/h2-10H,1H3/b17-16+. The molecular formula is C16H12N2O2S3. The van der Waals surface area contributed by atoms with Gasteiger partial charge >= 0.3 is 0 Å². The van der Waals surface area contributed by atoms with Gasteiger partial charge in [-0.1, -0.05) is 47.7 Å². The van der Waals surface area contributed by atoms with E-state index >= 15 is 0 Å². The molecule has 0 aliphatic heterocycles. The molecule has 0 radical (unpaired) electrons. The molecule has 0 saturated heterocycles. The fourth-order valence-electron chi connectivity index (χ4n) is 2.50. The van der Waals surface area contributed by atoms with Gasteiger partial charge in [0.15, 0.2) is 0 Å². The molecule has 7 heteroatoms. The molecule has 116 valence electrons. The van der Waals surface area contributed by atoms with Gasteiger partial charge in [0.2, 0.25) is 4.80 Å². The summed E-state index contributed by atoms with van der Waals surface area (Å²) in [6.07, 6.45) is 0. The first kappa shape index (κ1) is 14.6. The maximum atomic E-state index is 12.4. The lowest BCUT2D eigenvalue weighted by Crippen LogP contribution is -2.13. The topological polar surface area (TPSA) is 51.4 Å². The lowest BCUT2D eigenvalue weighted by atomic mass is 10.1. The predicted molar refractivity (Wildman–Crippen MR) is 95.4 cm³/mol. The van der Waals surface area contributed by atoms with Gasteiger partial charge in [-0.05, 0) is 22.9 Å². The van der Waals surface area contributed by atoms with Gasteiger partial charge in [-0.2, -0.15) is 8.42 Å². The van der Waals surface area contributed by atoms with Crippen LogP contribution in [-0.4, -0.2) is 13.0 Å². The monoisotopic (exact) mass is 360 g/mol. The Kier molecular flexibility index (Phi) is 3.37. The van der Waals surface area contributed by atoms with Gasteiger partial charge in [0.05, 0.1) is 10.2 Å². The van der Waals surface area contributed by atoms with E-state index in [4.69, 9.17) is 0 Å². The van der Waals surface area contributed by atoms with Crippen molar-refractivity contribution in [1.29, 1.82) is 0 Å². The van der Waals surface area contributed by atoms with E-state index in [1.54, 1.807) is 17.5 Å². The molecule has 23 heavy (non-hydrogen) atoms. The number of hydrogen-bond donors (Lipinski definition) is 0. The van der Waals surface area contributed by atoms with Gasteiger partial charge in [-0.15, -0.1) is 15.7 Å². The molecule has 4 nitrogen and oxygen atoms in total. The molecule has 0 aliphatic rings. The predicted octanol–water partition coefficient (Wildman–Crippen LogP) is 3.74. The van der Waals surface area contributed by atoms with Crippen LogP contribution in [0.5, 0.6) is 0 Å². The van der Waals surface area contributed by atoms with Crippen LogP contribution in [0.2, 0.25) is 0 Å². The van der Waals surface area contributed by atoms with Crippen LogP contribution in [0.4, 0.5) is 0 Å². The van der Waals surface area contributed by atoms with Crippen molar-refractivity contribution in [2.45, 2.75) is 4.21 Å². The minimum absolute atomic E-state index is 0.264. The lowest BCUT2D eigenvalue weighted by Gasteiger charge is -1.99. The van der Waals surface area contributed by atoms with Gasteiger partial charge in [-0.25, -0.2) is 0 Å². The van der Waals surface area contributed by atoms with Crippen molar-refractivity contribution in [2.75, 3.05) is 0 Å². The summed E-state index contributed by atoms with van der Waals surface area (Å²) >= 11 is 2.58. The largest absolute Gasteiger partial charge is 0.319 e. The van der Waals surface area contributed by atoms with Crippen molar-refractivity contribution in [3.8, 4) is 0 Å². The highest BCUT2D eigenvalue weighted by molar-refractivity contribution is 7.92. The van der Waals surface area contributed by atoms with E-state index in [-0.39, 0.29) is 4.21 Å². The molecule has 0 unspecified atom stereocenters. The third-order valence-corrected chi connectivity index (χ3v) is 7.58. The molecule has 0 atom stereocenters. The molecule has 0 fully saturated rings. The quantitative estimate of drug-likeness (QED) is 0.547. The van der Waals surface area contributed by atoms with Crippen LogP contribution in [-0.2, 0) is 17.1 Å². The van der Waals surface area contributed by atoms with Gasteiger partial charge in [0.1, 0.15) is 4.21 Å². The number of rotatable bonds is 2. The Morgan fingerprint density at radius 3 is 2.65 bits per heavy atom. The minimum Gasteiger partial charge on any atom is -0.319 e. The summed E-state index contributed by atoms with van der Waals surface area (Å²) in [5, 5.41) is 3.98. The Morgan fingerprint density at radius 1 is 1.04 bits per heavy atom. The fraction of sp³-hybridized carbons (Fsp3) is 0.0625. The van der Waals surface area contributed by atoms with Crippen molar-refractivity contribution < 1.29 is 8.42 Å². The highest BCUT2D eigenvalue weighted by atomic mass is 32.2. The van der Waals surface area contributed by atoms with Crippen molar-refractivity contribution in [3.63, 3.8) is 0 Å². The number of fused-ring (bicyclic) bond motifs is 3. The third-order valence-electron chi connectivity index (χ3n) is 3.65. The molecule has 0 saturated carbocycles. The smallest absolute Gasteiger partial charge is 0.294 e. The number of aryl methyl sites for hydroxylation is 1. The molecule has 2 aromatic heterocycles. The Morgan fingerprint density at radius 2 is 1.87 bits per heavy atom. The SMILES string of the molecule is Cn1/c(=N\S(=O)(=O)c2cccs2)sc2c3ccccc3ccc21. The van der Waals surface area contributed by atoms with Crippen LogP contribution < -0.4 is 4.80 Å². The van der Waals surface area contributed by atoms with Crippen LogP contribution in [0, 0.1) is 0 Å². The number of thiazole rings is 1. The summed E-state index contributed by atoms with van der Waals surface area (Å²) in [6, 6.07) is 15.4. The van der Waals surface area contributed by atoms with Crippen LogP contribution in [0.15, 0.2) is 62.5 Å². The normalized spacial score (nSPS) is 13.2. The van der Waals surface area contributed by atoms with Crippen LogP contribution >= 0.6 is 22.7 Å². The zero-order valence-electron chi connectivity index (χ0n) is 12.1. The van der Waals surface area contributed by atoms with Crippen molar-refractivity contribution >= 4 is 53.7 Å². The van der Waals surface area contributed by atoms with E-state index in [1.807, 2.05) is 48.0 Å². The highest BCUT2D eigenvalue weighted by Crippen LogP contribution is 2.27. The first-order valence-electron chi connectivity index (χ1n) is 6.88. The molecule has 0 amide bonds. The van der Waals surface area contributed by atoms with Crippen molar-refractivity contribution in [1.82, 2.24) is 4.57 Å².